The van der Waals surface area contributed by atoms with E-state index in [4.69, 9.17) is 9.47 Å². The smallest absolute Gasteiger partial charge is 0.135 e. The number of hydrogen-bond donors (Lipinski definition) is 0. The van der Waals surface area contributed by atoms with Crippen molar-refractivity contribution in [3.05, 3.63) is 48.5 Å². The summed E-state index contributed by atoms with van der Waals surface area (Å²) in [5.74, 6) is 1.88. The van der Waals surface area contributed by atoms with Gasteiger partial charge < -0.3 is 9.47 Å². The van der Waals surface area contributed by atoms with E-state index in [-0.39, 0.29) is 12.2 Å². The minimum atomic E-state index is 0.128. The zero-order valence-electron chi connectivity index (χ0n) is 13.6. The van der Waals surface area contributed by atoms with Crippen LogP contribution in [0.3, 0.4) is 0 Å². The first-order valence-corrected chi connectivity index (χ1v) is 7.84. The minimum absolute atomic E-state index is 0.128. The van der Waals surface area contributed by atoms with Crippen LogP contribution in [0.2, 0.25) is 0 Å². The van der Waals surface area contributed by atoms with E-state index in [2.05, 4.69) is 52.0 Å². The van der Waals surface area contributed by atoms with Crippen LogP contribution in [0.25, 0.3) is 21.5 Å². The standard InChI is InChI=1S/C20H22O2/c1-13(2)21-19-15-9-5-7-11-17(15)20(22-14(3)4)18-12-8-6-10-16(18)19/h5-14H,1-4H3. The van der Waals surface area contributed by atoms with Crippen molar-refractivity contribution < 1.29 is 9.47 Å². The highest BCUT2D eigenvalue weighted by Crippen LogP contribution is 2.43. The quantitative estimate of drug-likeness (QED) is 0.586. The van der Waals surface area contributed by atoms with Gasteiger partial charge >= 0.3 is 0 Å². The second kappa shape index (κ2) is 5.88. The maximum atomic E-state index is 6.15. The summed E-state index contributed by atoms with van der Waals surface area (Å²) in [5, 5.41) is 4.41. The normalized spacial score (nSPS) is 11.5. The van der Waals surface area contributed by atoms with Crippen LogP contribution >= 0.6 is 0 Å². The predicted molar refractivity (Wildman–Crippen MR) is 93.0 cm³/mol. The van der Waals surface area contributed by atoms with Gasteiger partial charge in [-0.05, 0) is 27.7 Å². The van der Waals surface area contributed by atoms with Crippen molar-refractivity contribution in [1.82, 2.24) is 0 Å². The van der Waals surface area contributed by atoms with Crippen molar-refractivity contribution in [1.29, 1.82) is 0 Å². The Kier molecular flexibility index (Phi) is 3.93. The topological polar surface area (TPSA) is 18.5 Å². The SMILES string of the molecule is CC(C)Oc1c2ccccc2c(OC(C)C)c2ccccc12. The Bertz CT molecular complexity index is 678. The fraction of sp³-hybridized carbons (Fsp3) is 0.300. The minimum Gasteiger partial charge on any atom is -0.490 e. The Morgan fingerprint density at radius 2 is 0.818 bits per heavy atom. The van der Waals surface area contributed by atoms with Crippen LogP contribution in [-0.4, -0.2) is 12.2 Å². The van der Waals surface area contributed by atoms with Gasteiger partial charge in [0.15, 0.2) is 0 Å². The number of ether oxygens (including phenoxy) is 2. The molecule has 0 aliphatic rings. The van der Waals surface area contributed by atoms with Crippen LogP contribution in [0.1, 0.15) is 27.7 Å². The number of rotatable bonds is 4. The molecule has 0 N–H and O–H groups in total. The molecule has 0 heterocycles. The molecule has 0 aromatic heterocycles. The summed E-state index contributed by atoms with van der Waals surface area (Å²) in [4.78, 5) is 0. The van der Waals surface area contributed by atoms with Crippen LogP contribution in [0.15, 0.2) is 48.5 Å². The van der Waals surface area contributed by atoms with Crippen molar-refractivity contribution in [3.8, 4) is 11.5 Å². The number of benzene rings is 3. The third-order valence-electron chi connectivity index (χ3n) is 3.54. The van der Waals surface area contributed by atoms with E-state index in [0.29, 0.717) is 0 Å². The van der Waals surface area contributed by atoms with E-state index in [1.165, 1.54) is 0 Å². The molecule has 114 valence electrons. The summed E-state index contributed by atoms with van der Waals surface area (Å²) in [6.45, 7) is 8.23. The first kappa shape index (κ1) is 14.7. The highest BCUT2D eigenvalue weighted by Gasteiger charge is 2.16. The largest absolute Gasteiger partial charge is 0.490 e. The molecule has 0 amide bonds. The zero-order valence-corrected chi connectivity index (χ0v) is 13.6. The summed E-state index contributed by atoms with van der Waals surface area (Å²) >= 11 is 0. The first-order valence-electron chi connectivity index (χ1n) is 7.84. The van der Waals surface area contributed by atoms with Crippen molar-refractivity contribution >= 4 is 21.5 Å². The Morgan fingerprint density at radius 3 is 1.05 bits per heavy atom. The molecule has 0 saturated heterocycles. The van der Waals surface area contributed by atoms with Crippen LogP contribution in [-0.2, 0) is 0 Å². The lowest BCUT2D eigenvalue weighted by Gasteiger charge is -2.20. The van der Waals surface area contributed by atoms with Gasteiger partial charge in [0.05, 0.1) is 12.2 Å². The van der Waals surface area contributed by atoms with Gasteiger partial charge in [-0.2, -0.15) is 0 Å². The van der Waals surface area contributed by atoms with Crippen molar-refractivity contribution in [2.75, 3.05) is 0 Å². The Morgan fingerprint density at radius 1 is 0.545 bits per heavy atom. The van der Waals surface area contributed by atoms with Crippen LogP contribution in [0, 0.1) is 0 Å². The lowest BCUT2D eigenvalue weighted by Crippen LogP contribution is -2.09. The molecule has 0 radical (unpaired) electrons. The fourth-order valence-corrected chi connectivity index (χ4v) is 2.77. The predicted octanol–water partition coefficient (Wildman–Crippen LogP) is 5.57. The highest BCUT2D eigenvalue weighted by molar-refractivity contribution is 6.11. The molecular formula is C20H22O2. The van der Waals surface area contributed by atoms with Gasteiger partial charge in [0, 0.05) is 21.5 Å². The van der Waals surface area contributed by atoms with Gasteiger partial charge in [-0.1, -0.05) is 48.5 Å². The number of fused-ring (bicyclic) bond motifs is 2. The molecule has 0 unspecified atom stereocenters. The average molecular weight is 294 g/mol. The monoisotopic (exact) mass is 294 g/mol. The molecule has 0 bridgehead atoms. The molecule has 22 heavy (non-hydrogen) atoms. The van der Waals surface area contributed by atoms with Crippen LogP contribution in [0.4, 0.5) is 0 Å². The highest BCUT2D eigenvalue weighted by atomic mass is 16.5. The summed E-state index contributed by atoms with van der Waals surface area (Å²) in [7, 11) is 0. The Balaban J connectivity index is 2.42. The van der Waals surface area contributed by atoms with Gasteiger partial charge in [0.25, 0.3) is 0 Å². The van der Waals surface area contributed by atoms with Gasteiger partial charge in [-0.3, -0.25) is 0 Å². The summed E-state index contributed by atoms with van der Waals surface area (Å²) < 4.78 is 12.3. The van der Waals surface area contributed by atoms with Crippen LogP contribution in [0.5, 0.6) is 11.5 Å². The lowest BCUT2D eigenvalue weighted by atomic mass is 10.0. The summed E-state index contributed by atoms with van der Waals surface area (Å²) in [6, 6.07) is 16.6. The third kappa shape index (κ3) is 2.61. The molecule has 3 rings (SSSR count). The van der Waals surface area contributed by atoms with Crippen molar-refractivity contribution in [2.24, 2.45) is 0 Å². The van der Waals surface area contributed by atoms with Crippen molar-refractivity contribution in [2.45, 2.75) is 39.9 Å². The third-order valence-corrected chi connectivity index (χ3v) is 3.54. The van der Waals surface area contributed by atoms with E-state index >= 15 is 0 Å². The number of hydrogen-bond acceptors (Lipinski definition) is 2. The van der Waals surface area contributed by atoms with E-state index in [0.717, 1.165) is 33.0 Å². The van der Waals surface area contributed by atoms with Gasteiger partial charge in [0.1, 0.15) is 11.5 Å². The Labute approximate surface area is 131 Å². The molecule has 3 aromatic carbocycles. The second-order valence-corrected chi connectivity index (χ2v) is 6.08. The molecular weight excluding hydrogens is 272 g/mol. The average Bonchev–Trinajstić information content (AvgIpc) is 2.50. The molecule has 2 nitrogen and oxygen atoms in total. The zero-order chi connectivity index (χ0) is 15.7. The molecule has 0 atom stereocenters. The first-order chi connectivity index (χ1) is 10.6. The van der Waals surface area contributed by atoms with Gasteiger partial charge in [0.2, 0.25) is 0 Å². The summed E-state index contributed by atoms with van der Waals surface area (Å²) in [6.07, 6.45) is 0.257. The molecule has 0 spiro atoms. The fourth-order valence-electron chi connectivity index (χ4n) is 2.77. The lowest BCUT2D eigenvalue weighted by molar-refractivity contribution is 0.244. The van der Waals surface area contributed by atoms with Gasteiger partial charge in [-0.25, -0.2) is 0 Å². The summed E-state index contributed by atoms with van der Waals surface area (Å²) in [5.41, 5.74) is 0. The molecule has 0 aliphatic carbocycles. The van der Waals surface area contributed by atoms with E-state index in [1.807, 2.05) is 24.3 Å². The second-order valence-electron chi connectivity index (χ2n) is 6.08. The molecule has 0 saturated carbocycles. The van der Waals surface area contributed by atoms with Crippen LogP contribution < -0.4 is 9.47 Å². The van der Waals surface area contributed by atoms with E-state index in [9.17, 15) is 0 Å². The Hall–Kier alpha value is -2.22. The maximum Gasteiger partial charge on any atom is 0.135 e. The molecule has 0 fully saturated rings. The van der Waals surface area contributed by atoms with E-state index < -0.39 is 0 Å². The van der Waals surface area contributed by atoms with Crippen molar-refractivity contribution in [3.63, 3.8) is 0 Å². The van der Waals surface area contributed by atoms with E-state index in [1.54, 1.807) is 0 Å². The van der Waals surface area contributed by atoms with Gasteiger partial charge in [-0.15, -0.1) is 0 Å². The molecule has 3 aromatic rings. The molecule has 2 heteroatoms. The maximum absolute atomic E-state index is 6.15. The molecule has 0 aliphatic heterocycles.